The van der Waals surface area contributed by atoms with E-state index >= 15 is 0 Å². The van der Waals surface area contributed by atoms with Gasteiger partial charge in [-0.1, -0.05) is 72.3 Å². The first-order chi connectivity index (χ1) is 19.4. The Morgan fingerprint density at radius 2 is 1.50 bits per heavy atom. The quantitative estimate of drug-likeness (QED) is 0.274. The second kappa shape index (κ2) is 8.89. The first-order valence-corrected chi connectivity index (χ1v) is 13.1. The highest BCUT2D eigenvalue weighted by atomic mass is 35.5. The molecule has 0 saturated carbocycles. The molecule has 3 heterocycles. The van der Waals surface area contributed by atoms with Crippen molar-refractivity contribution >= 4 is 40.1 Å². The van der Waals surface area contributed by atoms with Gasteiger partial charge in [-0.15, -0.1) is 0 Å². The van der Waals surface area contributed by atoms with Crippen molar-refractivity contribution in [3.63, 3.8) is 0 Å². The number of hydrogen-bond acceptors (Lipinski definition) is 4. The lowest BCUT2D eigenvalue weighted by Gasteiger charge is -2.34. The number of fused-ring (bicyclic) bond motifs is 5. The molecule has 0 bridgehead atoms. The first kappa shape index (κ1) is 24.3. The molecule has 4 aromatic carbocycles. The van der Waals surface area contributed by atoms with Gasteiger partial charge in [-0.3, -0.25) is 14.4 Å². The molecule has 40 heavy (non-hydrogen) atoms. The van der Waals surface area contributed by atoms with E-state index < -0.39 is 22.8 Å². The number of amides is 2. The number of carbonyl (C=O) groups is 2. The predicted molar refractivity (Wildman–Crippen MR) is 149 cm³/mol. The number of nitrogens with zero attached hydrogens (tertiary/aromatic N) is 2. The maximum absolute atomic E-state index is 14.8. The lowest BCUT2D eigenvalue weighted by molar-refractivity contribution is -0.126. The van der Waals surface area contributed by atoms with E-state index in [2.05, 4.69) is 0 Å². The predicted octanol–water partition coefficient (Wildman–Crippen LogP) is 6.03. The van der Waals surface area contributed by atoms with Crippen molar-refractivity contribution in [2.45, 2.75) is 18.6 Å². The van der Waals surface area contributed by atoms with Gasteiger partial charge in [0.2, 0.25) is 5.76 Å². The minimum Gasteiger partial charge on any atom is -0.450 e. The molecule has 8 heteroatoms. The summed E-state index contributed by atoms with van der Waals surface area (Å²) >= 11 is 6.51. The summed E-state index contributed by atoms with van der Waals surface area (Å²) in [6.45, 7) is 0.0726. The van der Waals surface area contributed by atoms with Gasteiger partial charge in [0.1, 0.15) is 11.4 Å². The van der Waals surface area contributed by atoms with E-state index in [1.807, 2.05) is 0 Å². The molecule has 2 aliphatic rings. The van der Waals surface area contributed by atoms with E-state index in [1.54, 1.807) is 89.8 Å². The van der Waals surface area contributed by atoms with E-state index in [9.17, 15) is 18.8 Å². The second-order valence-corrected chi connectivity index (χ2v) is 10.3. The Morgan fingerprint density at radius 1 is 0.800 bits per heavy atom. The zero-order valence-electron chi connectivity index (χ0n) is 20.9. The average molecular weight is 551 g/mol. The molecule has 0 saturated heterocycles. The summed E-state index contributed by atoms with van der Waals surface area (Å²) in [6.07, 6.45) is 0. The molecule has 1 aromatic heterocycles. The van der Waals surface area contributed by atoms with Gasteiger partial charge in [0, 0.05) is 17.1 Å². The smallest absolute Gasteiger partial charge is 0.291 e. The van der Waals surface area contributed by atoms with Gasteiger partial charge in [0.05, 0.1) is 23.2 Å². The minimum atomic E-state index is -1.78. The molecule has 196 valence electrons. The molecule has 0 fully saturated rings. The Labute approximate surface area is 232 Å². The fourth-order valence-electron chi connectivity index (χ4n) is 5.89. The monoisotopic (exact) mass is 550 g/mol. The lowest BCUT2D eigenvalue weighted by Crippen LogP contribution is -2.53. The Balaban J connectivity index is 1.51. The van der Waals surface area contributed by atoms with E-state index in [1.165, 1.54) is 17.0 Å². The molecule has 0 radical (unpaired) electrons. The molecule has 5 aromatic rings. The summed E-state index contributed by atoms with van der Waals surface area (Å²) in [5.74, 6) is -1.61. The van der Waals surface area contributed by atoms with Gasteiger partial charge >= 0.3 is 0 Å². The summed E-state index contributed by atoms with van der Waals surface area (Å²) in [6, 6.07) is 26.7. The zero-order valence-corrected chi connectivity index (χ0v) is 21.7. The van der Waals surface area contributed by atoms with Crippen LogP contribution in [-0.4, -0.2) is 16.7 Å². The molecule has 1 atom stereocenters. The van der Waals surface area contributed by atoms with Crippen LogP contribution in [0.3, 0.4) is 0 Å². The summed E-state index contributed by atoms with van der Waals surface area (Å²) < 4.78 is 19.7. The number of halogens is 2. The van der Waals surface area contributed by atoms with E-state index in [4.69, 9.17) is 16.0 Å². The maximum Gasteiger partial charge on any atom is 0.291 e. The molecular formula is C32H20ClFN2O4. The van der Waals surface area contributed by atoms with Crippen molar-refractivity contribution in [3.8, 4) is 0 Å². The molecule has 0 N–H and O–H groups in total. The largest absolute Gasteiger partial charge is 0.450 e. The Bertz CT molecular complexity index is 1920. The van der Waals surface area contributed by atoms with Crippen molar-refractivity contribution in [1.29, 1.82) is 0 Å². The van der Waals surface area contributed by atoms with E-state index in [0.29, 0.717) is 27.4 Å². The summed E-state index contributed by atoms with van der Waals surface area (Å²) in [5.41, 5.74) is 0.362. The van der Waals surface area contributed by atoms with Gasteiger partial charge in [-0.25, -0.2) is 4.39 Å². The highest BCUT2D eigenvalue weighted by molar-refractivity contribution is 6.31. The van der Waals surface area contributed by atoms with Crippen LogP contribution in [-0.2, 0) is 23.4 Å². The molecule has 7 rings (SSSR count). The number of anilines is 1. The molecule has 2 aliphatic heterocycles. The van der Waals surface area contributed by atoms with Crippen molar-refractivity contribution in [2.75, 3.05) is 4.90 Å². The third kappa shape index (κ3) is 3.31. The van der Waals surface area contributed by atoms with Crippen molar-refractivity contribution in [1.82, 2.24) is 4.90 Å². The van der Waals surface area contributed by atoms with E-state index in [-0.39, 0.29) is 41.2 Å². The maximum atomic E-state index is 14.8. The molecule has 6 nitrogen and oxygen atoms in total. The van der Waals surface area contributed by atoms with Crippen molar-refractivity contribution < 1.29 is 18.4 Å². The standard InChI is InChI=1S/C32H20ClFN2O4/c33-24-10-4-1-7-20(24)18-36-30(38)29-27(28(37)22-8-2-6-12-26(22)40-29)32(36)23-9-3-5-11-25(23)35(31(32)39)17-19-13-15-21(34)16-14-19/h1-16H,17-18H2. The second-order valence-electron chi connectivity index (χ2n) is 9.86. The van der Waals surface area contributed by atoms with Gasteiger partial charge < -0.3 is 14.2 Å². The van der Waals surface area contributed by atoms with Crippen molar-refractivity contribution in [3.05, 3.63) is 146 Å². The Hall–Kier alpha value is -4.75. The van der Waals surface area contributed by atoms with Crippen LogP contribution >= 0.6 is 11.6 Å². The SMILES string of the molecule is O=C1c2oc3ccccc3c(=O)c2C2(C(=O)N(Cc3ccc(F)cc3)c3ccccc32)N1Cc1ccccc1Cl. The van der Waals surface area contributed by atoms with Crippen LogP contribution in [0.25, 0.3) is 11.0 Å². The van der Waals surface area contributed by atoms with Gasteiger partial charge in [-0.05, 0) is 47.5 Å². The molecule has 1 unspecified atom stereocenters. The summed E-state index contributed by atoms with van der Waals surface area (Å²) in [5, 5.41) is 0.697. The van der Waals surface area contributed by atoms with Gasteiger partial charge in [-0.2, -0.15) is 0 Å². The van der Waals surface area contributed by atoms with Gasteiger partial charge in [0.15, 0.2) is 11.0 Å². The fraction of sp³-hybridized carbons (Fsp3) is 0.0938. The number of carbonyl (C=O) groups excluding carboxylic acids is 2. The van der Waals surface area contributed by atoms with Crippen LogP contribution in [0, 0.1) is 5.82 Å². The normalized spacial score (nSPS) is 17.6. The van der Waals surface area contributed by atoms with E-state index in [0.717, 1.165) is 0 Å². The highest BCUT2D eigenvalue weighted by Gasteiger charge is 2.65. The minimum absolute atomic E-state index is 0.0118. The average Bonchev–Trinajstić information content (AvgIpc) is 3.36. The van der Waals surface area contributed by atoms with Crippen LogP contribution in [0.1, 0.15) is 32.8 Å². The number of hydrogen-bond donors (Lipinski definition) is 0. The molecule has 1 spiro atoms. The third-order valence-corrected chi connectivity index (χ3v) is 8.05. The lowest BCUT2D eigenvalue weighted by atomic mass is 9.83. The molecule has 2 amide bonds. The number of para-hydroxylation sites is 2. The highest BCUT2D eigenvalue weighted by Crippen LogP contribution is 2.53. The number of benzene rings is 4. The fourth-order valence-corrected chi connectivity index (χ4v) is 6.08. The zero-order chi connectivity index (χ0) is 27.6. The summed E-state index contributed by atoms with van der Waals surface area (Å²) in [7, 11) is 0. The first-order valence-electron chi connectivity index (χ1n) is 12.7. The number of rotatable bonds is 4. The van der Waals surface area contributed by atoms with Gasteiger partial charge in [0.25, 0.3) is 11.8 Å². The Kier molecular flexibility index (Phi) is 5.40. The van der Waals surface area contributed by atoms with Crippen LogP contribution in [0.2, 0.25) is 5.02 Å². The summed E-state index contributed by atoms with van der Waals surface area (Å²) in [4.78, 5) is 46.1. The topological polar surface area (TPSA) is 70.8 Å². The van der Waals surface area contributed by atoms with Crippen LogP contribution < -0.4 is 10.3 Å². The van der Waals surface area contributed by atoms with Crippen LogP contribution in [0.5, 0.6) is 0 Å². The Morgan fingerprint density at radius 3 is 2.30 bits per heavy atom. The van der Waals surface area contributed by atoms with Crippen molar-refractivity contribution in [2.24, 2.45) is 0 Å². The third-order valence-electron chi connectivity index (χ3n) is 7.68. The van der Waals surface area contributed by atoms with Crippen LogP contribution in [0.4, 0.5) is 10.1 Å². The molecule has 0 aliphatic carbocycles. The van der Waals surface area contributed by atoms with Crippen LogP contribution in [0.15, 0.2) is 106 Å². The molecular weight excluding hydrogens is 531 g/mol.